The van der Waals surface area contributed by atoms with Crippen LogP contribution in [-0.4, -0.2) is 21.1 Å². The molecule has 1 aliphatic rings. The van der Waals surface area contributed by atoms with Crippen LogP contribution in [0.1, 0.15) is 21.5 Å². The molecule has 31 heavy (non-hydrogen) atoms. The molecule has 0 saturated carbocycles. The molecule has 9 heteroatoms. The van der Waals surface area contributed by atoms with Crippen molar-refractivity contribution >= 4 is 21.6 Å². The Labute approximate surface area is 179 Å². The number of benzene rings is 3. The molecular formula is C22H17N3O5S. The van der Waals surface area contributed by atoms with Crippen molar-refractivity contribution in [1.82, 2.24) is 5.32 Å². The van der Waals surface area contributed by atoms with Gasteiger partial charge in [0.15, 0.2) is 11.5 Å². The van der Waals surface area contributed by atoms with E-state index >= 15 is 0 Å². The fourth-order valence-corrected chi connectivity index (χ4v) is 4.16. The van der Waals surface area contributed by atoms with Crippen molar-refractivity contribution in [3.05, 3.63) is 83.4 Å². The molecule has 1 amide bonds. The molecule has 0 aliphatic carbocycles. The molecule has 0 radical (unpaired) electrons. The Morgan fingerprint density at radius 3 is 2.65 bits per heavy atom. The minimum Gasteiger partial charge on any atom is -0.454 e. The summed E-state index contributed by atoms with van der Waals surface area (Å²) in [6.45, 7) is 0.386. The first-order valence-electron chi connectivity index (χ1n) is 9.25. The Balaban J connectivity index is 1.51. The van der Waals surface area contributed by atoms with E-state index in [9.17, 15) is 13.2 Å². The Bertz CT molecular complexity index is 1300. The molecule has 4 rings (SSSR count). The highest BCUT2D eigenvalue weighted by Crippen LogP contribution is 2.32. The van der Waals surface area contributed by atoms with Gasteiger partial charge < -0.3 is 14.8 Å². The van der Waals surface area contributed by atoms with Crippen LogP contribution >= 0.6 is 0 Å². The SMILES string of the molecule is N#Cc1cccc(S(=O)(=O)Nc2ccccc2C(=O)NCc2ccc3c(c2)OCO3)c1. The lowest BCUT2D eigenvalue weighted by Gasteiger charge is -2.13. The summed E-state index contributed by atoms with van der Waals surface area (Å²) in [4.78, 5) is 12.7. The van der Waals surface area contributed by atoms with Crippen LogP contribution in [0.5, 0.6) is 11.5 Å². The summed E-state index contributed by atoms with van der Waals surface area (Å²) in [5.41, 5.74) is 1.33. The lowest BCUT2D eigenvalue weighted by Crippen LogP contribution is -2.25. The van der Waals surface area contributed by atoms with Gasteiger partial charge in [-0.3, -0.25) is 9.52 Å². The molecule has 1 heterocycles. The maximum absolute atomic E-state index is 12.8. The highest BCUT2D eigenvalue weighted by Gasteiger charge is 2.19. The van der Waals surface area contributed by atoms with Crippen LogP contribution in [0.3, 0.4) is 0 Å². The number of nitrogens with zero attached hydrogens (tertiary/aromatic N) is 1. The summed E-state index contributed by atoms with van der Waals surface area (Å²) in [6.07, 6.45) is 0. The molecule has 0 bridgehead atoms. The second kappa shape index (κ2) is 8.38. The van der Waals surface area contributed by atoms with Crippen LogP contribution in [0.2, 0.25) is 0 Å². The fraction of sp³-hybridized carbons (Fsp3) is 0.0909. The third kappa shape index (κ3) is 4.44. The van der Waals surface area contributed by atoms with E-state index in [4.69, 9.17) is 14.7 Å². The summed E-state index contributed by atoms with van der Waals surface area (Å²) < 4.78 is 38.5. The molecule has 0 atom stereocenters. The van der Waals surface area contributed by atoms with Crippen LogP contribution < -0.4 is 19.5 Å². The van der Waals surface area contributed by atoms with Gasteiger partial charge in [0.25, 0.3) is 15.9 Å². The first kappa shape index (κ1) is 20.3. The van der Waals surface area contributed by atoms with E-state index in [1.54, 1.807) is 24.3 Å². The van der Waals surface area contributed by atoms with Crippen LogP contribution in [-0.2, 0) is 16.6 Å². The fourth-order valence-electron chi connectivity index (χ4n) is 3.04. The lowest BCUT2D eigenvalue weighted by atomic mass is 10.1. The molecule has 0 fully saturated rings. The van der Waals surface area contributed by atoms with Gasteiger partial charge in [-0.25, -0.2) is 8.42 Å². The predicted octanol–water partition coefficient (Wildman–Crippen LogP) is 3.02. The largest absolute Gasteiger partial charge is 0.454 e. The first-order valence-corrected chi connectivity index (χ1v) is 10.7. The quantitative estimate of drug-likeness (QED) is 0.615. The third-order valence-corrected chi connectivity index (χ3v) is 5.94. The van der Waals surface area contributed by atoms with Gasteiger partial charge in [0.1, 0.15) is 0 Å². The Kier molecular flexibility index (Phi) is 5.47. The van der Waals surface area contributed by atoms with Crippen molar-refractivity contribution in [3.8, 4) is 17.6 Å². The van der Waals surface area contributed by atoms with E-state index in [1.807, 2.05) is 12.1 Å². The molecule has 0 saturated heterocycles. The van der Waals surface area contributed by atoms with Crippen molar-refractivity contribution < 1.29 is 22.7 Å². The molecule has 3 aromatic carbocycles. The smallest absolute Gasteiger partial charge is 0.261 e. The molecule has 1 aliphatic heterocycles. The molecule has 0 aromatic heterocycles. The van der Waals surface area contributed by atoms with E-state index < -0.39 is 15.9 Å². The molecule has 0 spiro atoms. The lowest BCUT2D eigenvalue weighted by molar-refractivity contribution is 0.0951. The zero-order valence-corrected chi connectivity index (χ0v) is 17.0. The summed E-state index contributed by atoms with van der Waals surface area (Å²) >= 11 is 0. The van der Waals surface area contributed by atoms with Crippen molar-refractivity contribution in [2.45, 2.75) is 11.4 Å². The Hall–Kier alpha value is -4.03. The first-order chi connectivity index (χ1) is 15.0. The number of carbonyl (C=O) groups excluding carboxylic acids is 1. The average Bonchev–Trinajstić information content (AvgIpc) is 3.25. The molecule has 0 unspecified atom stereocenters. The van der Waals surface area contributed by atoms with Gasteiger partial charge >= 0.3 is 0 Å². The number of anilines is 1. The van der Waals surface area contributed by atoms with Crippen molar-refractivity contribution in [1.29, 1.82) is 5.26 Å². The van der Waals surface area contributed by atoms with Crippen molar-refractivity contribution in [2.75, 3.05) is 11.5 Å². The number of carbonyl (C=O) groups is 1. The number of hydrogen-bond donors (Lipinski definition) is 2. The average molecular weight is 435 g/mol. The van der Waals surface area contributed by atoms with Gasteiger partial charge in [-0.15, -0.1) is 0 Å². The number of para-hydroxylation sites is 1. The van der Waals surface area contributed by atoms with Gasteiger partial charge in [-0.05, 0) is 48.0 Å². The zero-order chi connectivity index (χ0) is 21.8. The second-order valence-electron chi connectivity index (χ2n) is 6.66. The van der Waals surface area contributed by atoms with E-state index in [1.165, 1.54) is 36.4 Å². The Morgan fingerprint density at radius 2 is 1.81 bits per heavy atom. The number of ether oxygens (including phenoxy) is 2. The standard InChI is InChI=1S/C22H17N3O5S/c23-12-15-4-3-5-17(10-15)31(27,28)25-19-7-2-1-6-18(19)22(26)24-13-16-8-9-20-21(11-16)30-14-29-20/h1-11,25H,13-14H2,(H,24,26). The van der Waals surface area contributed by atoms with Crippen molar-refractivity contribution in [2.24, 2.45) is 0 Å². The molecule has 2 N–H and O–H groups in total. The predicted molar refractivity (Wildman–Crippen MR) is 112 cm³/mol. The maximum Gasteiger partial charge on any atom is 0.261 e. The molecular weight excluding hydrogens is 418 g/mol. The monoisotopic (exact) mass is 435 g/mol. The molecule has 156 valence electrons. The number of nitrogens with one attached hydrogen (secondary N) is 2. The maximum atomic E-state index is 12.8. The third-order valence-electron chi connectivity index (χ3n) is 4.58. The highest BCUT2D eigenvalue weighted by molar-refractivity contribution is 7.92. The van der Waals surface area contributed by atoms with E-state index in [2.05, 4.69) is 10.0 Å². The van der Waals surface area contributed by atoms with Crippen molar-refractivity contribution in [3.63, 3.8) is 0 Å². The number of fused-ring (bicyclic) bond motifs is 1. The summed E-state index contributed by atoms with van der Waals surface area (Å²) in [5.74, 6) is 0.816. The van der Waals surface area contributed by atoms with Crippen LogP contribution in [0.4, 0.5) is 5.69 Å². The van der Waals surface area contributed by atoms with Gasteiger partial charge in [0, 0.05) is 6.54 Å². The number of rotatable bonds is 6. The second-order valence-corrected chi connectivity index (χ2v) is 8.34. The van der Waals surface area contributed by atoms with Crippen LogP contribution in [0, 0.1) is 11.3 Å². The van der Waals surface area contributed by atoms with E-state index in [0.29, 0.717) is 11.5 Å². The van der Waals surface area contributed by atoms with Gasteiger partial charge in [-0.1, -0.05) is 24.3 Å². The number of hydrogen-bond acceptors (Lipinski definition) is 6. The number of sulfonamides is 1. The Morgan fingerprint density at radius 1 is 1.00 bits per heavy atom. The topological polar surface area (TPSA) is 118 Å². The summed E-state index contributed by atoms with van der Waals surface area (Å²) in [6, 6.07) is 19.2. The minimum atomic E-state index is -3.99. The van der Waals surface area contributed by atoms with Gasteiger partial charge in [0.05, 0.1) is 27.8 Å². The summed E-state index contributed by atoms with van der Waals surface area (Å²) in [7, 11) is -3.99. The zero-order valence-electron chi connectivity index (χ0n) is 16.2. The highest BCUT2D eigenvalue weighted by atomic mass is 32.2. The van der Waals surface area contributed by atoms with E-state index in [-0.39, 0.29) is 35.0 Å². The van der Waals surface area contributed by atoms with Crippen LogP contribution in [0.15, 0.2) is 71.6 Å². The minimum absolute atomic E-state index is 0.0675. The summed E-state index contributed by atoms with van der Waals surface area (Å²) in [5, 5.41) is 11.8. The normalized spacial score (nSPS) is 12.1. The van der Waals surface area contributed by atoms with Crippen LogP contribution in [0.25, 0.3) is 0 Å². The van der Waals surface area contributed by atoms with Gasteiger partial charge in [-0.2, -0.15) is 5.26 Å². The molecule has 8 nitrogen and oxygen atoms in total. The number of nitriles is 1. The number of amides is 1. The molecule has 3 aromatic rings. The van der Waals surface area contributed by atoms with E-state index in [0.717, 1.165) is 5.56 Å². The van der Waals surface area contributed by atoms with Gasteiger partial charge in [0.2, 0.25) is 6.79 Å².